The summed E-state index contributed by atoms with van der Waals surface area (Å²) >= 11 is 0. The highest BCUT2D eigenvalue weighted by Gasteiger charge is 1.92. The molecule has 0 amide bonds. The van der Waals surface area contributed by atoms with Gasteiger partial charge in [0.25, 0.3) is 0 Å². The molecule has 1 nitrogen and oxygen atoms in total. The fourth-order valence-electron chi connectivity index (χ4n) is 0.872. The minimum atomic E-state index is 1.11. The maximum atomic E-state index is 2.40. The van der Waals surface area contributed by atoms with Crippen LogP contribution in [0, 0.1) is 0 Å². The molecule has 0 aliphatic rings. The molecule has 0 aromatic rings. The van der Waals surface area contributed by atoms with Crippen LogP contribution in [-0.4, -0.2) is 24.5 Å². The van der Waals surface area contributed by atoms with Crippen LogP contribution in [0.3, 0.4) is 0 Å². The van der Waals surface area contributed by atoms with E-state index in [2.05, 4.69) is 37.8 Å². The van der Waals surface area contributed by atoms with E-state index >= 15 is 0 Å². The first-order chi connectivity index (χ1) is 4.85. The predicted octanol–water partition coefficient (Wildman–Crippen LogP) is 2.29. The number of rotatable bonds is 5. The van der Waals surface area contributed by atoms with E-state index < -0.39 is 0 Å². The lowest BCUT2D eigenvalue weighted by Crippen LogP contribution is -2.22. The third-order valence-corrected chi connectivity index (χ3v) is 1.66. The van der Waals surface area contributed by atoms with Gasteiger partial charge in [-0.1, -0.05) is 32.9 Å². The Balaban J connectivity index is 3.34. The Kier molecular flexibility index (Phi) is 6.61. The van der Waals surface area contributed by atoms with Gasteiger partial charge >= 0.3 is 0 Å². The van der Waals surface area contributed by atoms with Gasteiger partial charge in [0.05, 0.1) is 0 Å². The topological polar surface area (TPSA) is 3.24 Å². The second-order valence-electron chi connectivity index (χ2n) is 2.37. The zero-order valence-electron chi connectivity index (χ0n) is 7.43. The monoisotopic (exact) mass is 141 g/mol. The van der Waals surface area contributed by atoms with Crippen molar-refractivity contribution in [2.75, 3.05) is 19.6 Å². The Bertz CT molecular complexity index is 82.7. The first-order valence-electron chi connectivity index (χ1n) is 4.22. The van der Waals surface area contributed by atoms with Crippen molar-refractivity contribution in [3.8, 4) is 0 Å². The Morgan fingerprint density at radius 2 is 1.60 bits per heavy atom. The summed E-state index contributed by atoms with van der Waals surface area (Å²) < 4.78 is 0. The summed E-state index contributed by atoms with van der Waals surface area (Å²) in [6, 6.07) is 0. The van der Waals surface area contributed by atoms with Crippen molar-refractivity contribution >= 4 is 0 Å². The molecule has 0 spiro atoms. The van der Waals surface area contributed by atoms with Gasteiger partial charge < -0.3 is 4.90 Å². The van der Waals surface area contributed by atoms with Crippen molar-refractivity contribution in [2.24, 2.45) is 0 Å². The average molecular weight is 141 g/mol. The Hall–Kier alpha value is -0.300. The first-order valence-corrected chi connectivity index (χ1v) is 4.22. The fourth-order valence-corrected chi connectivity index (χ4v) is 0.872. The molecule has 0 unspecified atom stereocenters. The van der Waals surface area contributed by atoms with Gasteiger partial charge in [0.2, 0.25) is 0 Å². The quantitative estimate of drug-likeness (QED) is 0.531. The zero-order valence-corrected chi connectivity index (χ0v) is 7.43. The van der Waals surface area contributed by atoms with E-state index in [1.165, 1.54) is 0 Å². The maximum Gasteiger partial charge on any atom is 0.0162 e. The first kappa shape index (κ1) is 9.70. The molecule has 0 rings (SSSR count). The van der Waals surface area contributed by atoms with Crippen molar-refractivity contribution in [3.05, 3.63) is 12.2 Å². The highest BCUT2D eigenvalue weighted by atomic mass is 15.1. The molecule has 0 aliphatic heterocycles. The van der Waals surface area contributed by atoms with Crippen LogP contribution in [0.5, 0.6) is 0 Å². The molecule has 1 heteroatoms. The van der Waals surface area contributed by atoms with Crippen molar-refractivity contribution < 1.29 is 0 Å². The van der Waals surface area contributed by atoms with E-state index in [-0.39, 0.29) is 0 Å². The molecule has 60 valence electrons. The van der Waals surface area contributed by atoms with Gasteiger partial charge in [-0.25, -0.2) is 0 Å². The summed E-state index contributed by atoms with van der Waals surface area (Å²) in [5.41, 5.74) is 0. The van der Waals surface area contributed by atoms with E-state index in [1.807, 2.05) is 0 Å². The van der Waals surface area contributed by atoms with Crippen molar-refractivity contribution in [1.29, 1.82) is 0 Å². The van der Waals surface area contributed by atoms with Gasteiger partial charge in [-0.3, -0.25) is 0 Å². The van der Waals surface area contributed by atoms with Crippen LogP contribution in [0.4, 0.5) is 0 Å². The van der Waals surface area contributed by atoms with Gasteiger partial charge in [0.1, 0.15) is 0 Å². The van der Waals surface area contributed by atoms with E-state index in [0.717, 1.165) is 26.1 Å². The van der Waals surface area contributed by atoms with E-state index in [4.69, 9.17) is 0 Å². The average Bonchev–Trinajstić information content (AvgIpc) is 1.99. The van der Waals surface area contributed by atoms with Gasteiger partial charge in [-0.2, -0.15) is 0 Å². The van der Waals surface area contributed by atoms with E-state index in [1.54, 1.807) is 0 Å². The van der Waals surface area contributed by atoms with E-state index in [0.29, 0.717) is 0 Å². The van der Waals surface area contributed by atoms with Crippen LogP contribution in [0.25, 0.3) is 0 Å². The van der Waals surface area contributed by atoms with Gasteiger partial charge in [0, 0.05) is 6.54 Å². The zero-order chi connectivity index (χ0) is 7.82. The molecule has 0 fully saturated rings. The normalized spacial score (nSPS) is 11.6. The predicted molar refractivity (Wildman–Crippen MR) is 47.2 cm³/mol. The number of hydrogen-bond donors (Lipinski definition) is 0. The highest BCUT2D eigenvalue weighted by molar-refractivity contribution is 4.83. The lowest BCUT2D eigenvalue weighted by Gasteiger charge is -2.14. The third kappa shape index (κ3) is 4.57. The number of likely N-dealkylation sites (N-methyl/N-ethyl adjacent to an activating group) is 1. The minimum absolute atomic E-state index is 1.11. The van der Waals surface area contributed by atoms with Crippen LogP contribution >= 0.6 is 0 Å². The lowest BCUT2D eigenvalue weighted by atomic mass is 10.4. The molecule has 0 atom stereocenters. The smallest absolute Gasteiger partial charge is 0.0162 e. The molecule has 0 aromatic heterocycles. The van der Waals surface area contributed by atoms with Gasteiger partial charge in [-0.15, -0.1) is 0 Å². The molecule has 0 bridgehead atoms. The largest absolute Gasteiger partial charge is 0.300 e. The van der Waals surface area contributed by atoms with Gasteiger partial charge in [0.15, 0.2) is 0 Å². The summed E-state index contributed by atoms with van der Waals surface area (Å²) in [5, 5.41) is 0. The fraction of sp³-hybridized carbons (Fsp3) is 0.778. The van der Waals surface area contributed by atoms with Crippen LogP contribution in [0.15, 0.2) is 12.2 Å². The molecule has 0 heterocycles. The second kappa shape index (κ2) is 6.81. The molecule has 10 heavy (non-hydrogen) atoms. The van der Waals surface area contributed by atoms with Crippen LogP contribution in [0.1, 0.15) is 27.2 Å². The van der Waals surface area contributed by atoms with E-state index in [9.17, 15) is 0 Å². The molecular weight excluding hydrogens is 122 g/mol. The highest BCUT2D eigenvalue weighted by Crippen LogP contribution is 1.88. The van der Waals surface area contributed by atoms with Crippen molar-refractivity contribution in [2.45, 2.75) is 27.2 Å². The standard InChI is InChI=1S/C9H19N/c1-4-7-8-9-10(5-2)6-3/h7-8H,4-6,9H2,1-3H3/b8-7+. The third-order valence-electron chi connectivity index (χ3n) is 1.66. The molecule has 0 aromatic carbocycles. The second-order valence-corrected chi connectivity index (χ2v) is 2.37. The molecular formula is C9H19N. The van der Waals surface area contributed by atoms with Crippen LogP contribution in [-0.2, 0) is 0 Å². The van der Waals surface area contributed by atoms with Gasteiger partial charge in [-0.05, 0) is 19.5 Å². The molecule has 0 aliphatic carbocycles. The molecule has 0 saturated carbocycles. The lowest BCUT2D eigenvalue weighted by molar-refractivity contribution is 0.337. The summed E-state index contributed by atoms with van der Waals surface area (Å²) in [6.07, 6.45) is 5.62. The Morgan fingerprint density at radius 1 is 1.00 bits per heavy atom. The maximum absolute atomic E-state index is 2.40. The summed E-state index contributed by atoms with van der Waals surface area (Å²) in [5.74, 6) is 0. The number of hydrogen-bond acceptors (Lipinski definition) is 1. The molecule has 0 radical (unpaired) electrons. The van der Waals surface area contributed by atoms with Crippen LogP contribution in [0.2, 0.25) is 0 Å². The molecule has 0 saturated heterocycles. The number of allylic oxidation sites excluding steroid dienone is 1. The Morgan fingerprint density at radius 3 is 2.00 bits per heavy atom. The minimum Gasteiger partial charge on any atom is -0.300 e. The summed E-state index contributed by atoms with van der Waals surface area (Å²) in [4.78, 5) is 2.40. The summed E-state index contributed by atoms with van der Waals surface area (Å²) in [6.45, 7) is 9.99. The van der Waals surface area contributed by atoms with Crippen molar-refractivity contribution in [3.63, 3.8) is 0 Å². The van der Waals surface area contributed by atoms with Crippen LogP contribution < -0.4 is 0 Å². The molecule has 0 N–H and O–H groups in total. The summed E-state index contributed by atoms with van der Waals surface area (Å²) in [7, 11) is 0. The van der Waals surface area contributed by atoms with Crippen molar-refractivity contribution in [1.82, 2.24) is 4.90 Å². The Labute approximate surface area is 64.7 Å². The number of nitrogens with zero attached hydrogens (tertiary/aromatic N) is 1. The SMILES string of the molecule is CC/C=C/CN(CC)CC.